The molecule has 4 aliphatic heterocycles. The minimum absolute atomic E-state index is 0.00862. The number of nitrogens with one attached hydrogen (secondary N) is 4. The fourth-order valence-corrected chi connectivity index (χ4v) is 11.3. The van der Waals surface area contributed by atoms with Gasteiger partial charge >= 0.3 is 5.97 Å². The summed E-state index contributed by atoms with van der Waals surface area (Å²) in [6.45, 7) is 20.6. The van der Waals surface area contributed by atoms with Crippen LogP contribution in [0.2, 0.25) is 0 Å². The van der Waals surface area contributed by atoms with Gasteiger partial charge in [0.2, 0.25) is 17.7 Å². The maximum atomic E-state index is 14.6. The first-order valence-corrected chi connectivity index (χ1v) is 29.0. The van der Waals surface area contributed by atoms with Gasteiger partial charge in [0.1, 0.15) is 35.8 Å². The van der Waals surface area contributed by atoms with Crippen molar-refractivity contribution < 1.29 is 58.7 Å². The highest BCUT2D eigenvalue weighted by molar-refractivity contribution is 5.93. The van der Waals surface area contributed by atoms with E-state index < -0.39 is 89.7 Å². The number of carbonyl (C=O) groups is 6. The molecule has 438 valence electrons. The summed E-state index contributed by atoms with van der Waals surface area (Å²) >= 11 is 0. The van der Waals surface area contributed by atoms with Crippen LogP contribution in [0.5, 0.6) is 5.75 Å². The van der Waals surface area contributed by atoms with Gasteiger partial charge in [-0.05, 0) is 112 Å². The number of phenolic OH excluding ortho intramolecular Hbond substituents is 1. The van der Waals surface area contributed by atoms with Crippen molar-refractivity contribution in [3.8, 4) is 5.75 Å². The van der Waals surface area contributed by atoms with E-state index in [0.717, 1.165) is 24.0 Å². The molecule has 2 saturated heterocycles. The SMILES string of the molecule is CCc1ccc(C[C@@H]2NC(=O)[C@H](C(C)C)NC(=O)[C@H](CCC(C)=O)[C@H](O)[C@@H](C)[C@@H](O)C=CC=CC[C@@H](C(C)=CC=CCC[C@H](C)[C@@H](O)C[C@@H]3O[C@@]4(NC(=O)[C@@H](CC)C[C@@H]4C)C(C)=C[C@H]3C)OC(=O)C3CCCN(N3)C2=O)cc1O. The number of carbonyl (C=O) groups excluding carboxylic acids is 6. The number of ketones is 1. The fourth-order valence-electron chi connectivity index (χ4n) is 11.3. The number of nitrogens with zero attached hydrogens (tertiary/aromatic N) is 1. The van der Waals surface area contributed by atoms with E-state index in [2.05, 4.69) is 41.3 Å². The Hall–Kier alpha value is -5.46. The number of aliphatic hydroxyl groups is 3. The number of cyclic esters (lactones) is 1. The second-order valence-electron chi connectivity index (χ2n) is 23.3. The average molecular weight is 1100 g/mol. The average Bonchev–Trinajstić information content (AvgIpc) is 3.59. The number of allylic oxidation sites excluding steroid dienone is 5. The van der Waals surface area contributed by atoms with E-state index in [-0.39, 0.29) is 79.4 Å². The second kappa shape index (κ2) is 29.8. The van der Waals surface area contributed by atoms with Crippen LogP contribution in [-0.4, -0.2) is 122 Å². The highest BCUT2D eigenvalue weighted by Gasteiger charge is 2.51. The van der Waals surface area contributed by atoms with Crippen molar-refractivity contribution in [2.45, 2.75) is 208 Å². The van der Waals surface area contributed by atoms with Crippen molar-refractivity contribution in [3.63, 3.8) is 0 Å². The molecule has 4 heterocycles. The number of piperidine rings is 1. The molecular formula is C62H93N5O12. The number of aryl methyl sites for hydroxylation is 1. The number of hydrogen-bond donors (Lipinski definition) is 8. The zero-order chi connectivity index (χ0) is 58.3. The maximum Gasteiger partial charge on any atom is 0.325 e. The van der Waals surface area contributed by atoms with Gasteiger partial charge in [-0.25, -0.2) is 5.43 Å². The standard InChI is InChI=1S/C62H93N5O12/c1-12-45-28-27-44(34-52(45)71)33-49-60(76)67-30-20-23-48(66-67)61(77)78-53(25-19-15-18-24-50(69)43(11)56(72)47(29-26-42(10)68)58(74)64-55(36(3)4)59(75)63-49)38(6)22-17-14-16-21-37(5)51(70)35-54-39(7)31-40(8)62(79-54)41(9)32-46(13-2)57(73)65-62/h14-15,17-19,22,24,27-28,31,34,36-37,39,41,43,46-51,53-56,66,69-72H,12-13,16,20-21,23,25-26,29-30,32-33,35H2,1-11H3,(H,63,75)(H,64,74)(H,65,73)/t37-,39+,41-,43-,46-,47+,48?,49-,50-,51-,53-,54-,55-,56+,62-/m0/s1. The molecule has 4 aliphatic rings. The normalized spacial score (nSPS) is 31.9. The van der Waals surface area contributed by atoms with Crippen LogP contribution < -0.4 is 21.4 Å². The molecule has 0 aliphatic carbocycles. The number of hydrazine groups is 1. The van der Waals surface area contributed by atoms with E-state index in [1.807, 2.05) is 52.8 Å². The van der Waals surface area contributed by atoms with Gasteiger partial charge in [-0.3, -0.25) is 29.0 Å². The lowest BCUT2D eigenvalue weighted by Gasteiger charge is -2.51. The van der Waals surface area contributed by atoms with E-state index >= 15 is 0 Å². The van der Waals surface area contributed by atoms with Gasteiger partial charge in [0, 0.05) is 55.9 Å². The molecule has 0 saturated carbocycles. The van der Waals surface area contributed by atoms with Gasteiger partial charge in [0.05, 0.1) is 30.3 Å². The molecule has 79 heavy (non-hydrogen) atoms. The van der Waals surface area contributed by atoms with E-state index in [9.17, 15) is 49.2 Å². The van der Waals surface area contributed by atoms with Gasteiger partial charge in [-0.2, -0.15) is 0 Å². The highest BCUT2D eigenvalue weighted by atomic mass is 16.5. The van der Waals surface area contributed by atoms with Gasteiger partial charge in [-0.15, -0.1) is 0 Å². The Bertz CT molecular complexity index is 2430. The first kappa shape index (κ1) is 64.4. The molecule has 2 bridgehead atoms. The minimum Gasteiger partial charge on any atom is -0.508 e. The third-order valence-electron chi connectivity index (χ3n) is 16.8. The van der Waals surface area contributed by atoms with E-state index in [1.165, 1.54) is 18.0 Å². The van der Waals surface area contributed by atoms with Crippen LogP contribution in [0.3, 0.4) is 0 Å². The van der Waals surface area contributed by atoms with Crippen molar-refractivity contribution in [2.24, 2.45) is 41.4 Å². The largest absolute Gasteiger partial charge is 0.508 e. The number of ether oxygens (including phenoxy) is 2. The quantitative estimate of drug-likeness (QED) is 0.0476. The molecule has 1 aromatic rings. The van der Waals surface area contributed by atoms with Crippen molar-refractivity contribution in [1.82, 2.24) is 26.4 Å². The van der Waals surface area contributed by atoms with Gasteiger partial charge in [0.15, 0.2) is 5.72 Å². The maximum absolute atomic E-state index is 14.6. The zero-order valence-corrected chi connectivity index (χ0v) is 48.7. The molecule has 1 spiro atoms. The van der Waals surface area contributed by atoms with Gasteiger partial charge in [-0.1, -0.05) is 116 Å². The first-order chi connectivity index (χ1) is 37.4. The van der Waals surface area contributed by atoms with E-state index in [0.29, 0.717) is 49.7 Å². The Morgan fingerprint density at radius 2 is 1.72 bits per heavy atom. The molecule has 1 unspecified atom stereocenters. The summed E-state index contributed by atoms with van der Waals surface area (Å²) in [5.41, 5.74) is 5.18. The number of fused-ring (bicyclic) bond motifs is 2. The lowest BCUT2D eigenvalue weighted by atomic mass is 9.75. The second-order valence-corrected chi connectivity index (χ2v) is 23.3. The monoisotopic (exact) mass is 1100 g/mol. The molecule has 0 radical (unpaired) electrons. The van der Waals surface area contributed by atoms with Crippen molar-refractivity contribution in [3.05, 3.63) is 89.1 Å². The third-order valence-corrected chi connectivity index (χ3v) is 16.8. The van der Waals surface area contributed by atoms with Gasteiger partial charge in [0.25, 0.3) is 5.91 Å². The lowest BCUT2D eigenvalue weighted by molar-refractivity contribution is -0.179. The Morgan fingerprint density at radius 1 is 0.987 bits per heavy atom. The highest BCUT2D eigenvalue weighted by Crippen LogP contribution is 2.43. The lowest BCUT2D eigenvalue weighted by Crippen LogP contribution is -2.64. The number of phenols is 1. The molecule has 17 heteroatoms. The number of rotatable bonds is 16. The molecule has 17 nitrogen and oxygen atoms in total. The van der Waals surface area contributed by atoms with Crippen molar-refractivity contribution in [1.29, 1.82) is 0 Å². The van der Waals surface area contributed by atoms with Crippen molar-refractivity contribution >= 4 is 35.4 Å². The Balaban J connectivity index is 1.36. The summed E-state index contributed by atoms with van der Waals surface area (Å²) in [7, 11) is 0. The summed E-state index contributed by atoms with van der Waals surface area (Å²) in [6.07, 6.45) is 14.9. The van der Waals surface area contributed by atoms with Crippen LogP contribution in [0.15, 0.2) is 78.0 Å². The van der Waals surface area contributed by atoms with Crippen LogP contribution in [-0.2, 0) is 51.1 Å². The smallest absolute Gasteiger partial charge is 0.325 e. The van der Waals surface area contributed by atoms with Crippen LogP contribution >= 0.6 is 0 Å². The number of aliphatic hydroxyl groups excluding tert-OH is 3. The number of Topliss-reactive ketones (excluding diaryl/α,β-unsaturated/α-hetero) is 1. The first-order valence-electron chi connectivity index (χ1n) is 29.0. The van der Waals surface area contributed by atoms with Gasteiger partial charge < -0.3 is 50.6 Å². The summed E-state index contributed by atoms with van der Waals surface area (Å²) < 4.78 is 13.0. The number of amides is 4. The molecule has 15 atom stereocenters. The molecule has 1 aromatic carbocycles. The third kappa shape index (κ3) is 17.3. The minimum atomic E-state index is -1.43. The Kier molecular flexibility index (Phi) is 24.3. The van der Waals surface area contributed by atoms with Crippen molar-refractivity contribution in [2.75, 3.05) is 6.54 Å². The zero-order valence-electron chi connectivity index (χ0n) is 48.7. The molecule has 5 rings (SSSR count). The molecule has 2 fully saturated rings. The summed E-state index contributed by atoms with van der Waals surface area (Å²) in [5, 5.41) is 55.3. The molecule has 0 aromatic heterocycles. The van der Waals surface area contributed by atoms with Crippen LogP contribution in [0.25, 0.3) is 0 Å². The Labute approximate surface area is 469 Å². The van der Waals surface area contributed by atoms with Crippen LogP contribution in [0.4, 0.5) is 0 Å². The molecule has 8 N–H and O–H groups in total. The van der Waals surface area contributed by atoms with E-state index in [1.54, 1.807) is 57.2 Å². The number of benzene rings is 1. The molecule has 4 amide bonds. The number of aromatic hydroxyl groups is 1. The topological polar surface area (TPSA) is 253 Å². The predicted molar refractivity (Wildman–Crippen MR) is 303 cm³/mol. The fraction of sp³-hybridized carbons (Fsp3) is 0.645. The number of hydrogen-bond acceptors (Lipinski definition) is 13. The Morgan fingerprint density at radius 3 is 2.39 bits per heavy atom. The summed E-state index contributed by atoms with van der Waals surface area (Å²) in [5.74, 6) is -5.22. The summed E-state index contributed by atoms with van der Waals surface area (Å²) in [6, 6.07) is 1.73. The van der Waals surface area contributed by atoms with E-state index in [4.69, 9.17) is 9.47 Å². The predicted octanol–water partition coefficient (Wildman–Crippen LogP) is 6.92. The summed E-state index contributed by atoms with van der Waals surface area (Å²) in [4.78, 5) is 82.5. The van der Waals surface area contributed by atoms with Crippen LogP contribution in [0, 0.1) is 41.4 Å². The number of esters is 1. The molecular weight excluding hydrogens is 1010 g/mol. The van der Waals surface area contributed by atoms with Crippen LogP contribution in [0.1, 0.15) is 151 Å².